The van der Waals surface area contributed by atoms with Gasteiger partial charge in [-0.05, 0) is 37.3 Å². The summed E-state index contributed by atoms with van der Waals surface area (Å²) < 4.78 is 25.7. The normalized spacial score (nSPS) is 16.4. The third kappa shape index (κ3) is 2.99. The van der Waals surface area contributed by atoms with Gasteiger partial charge in [-0.1, -0.05) is 35.3 Å². The number of amides is 2. The number of hydrogen-bond donors (Lipinski definition) is 1. The maximum atomic E-state index is 12.6. The molecule has 2 amide bonds. The number of fused-ring (bicyclic) bond motifs is 1. The Hall–Kier alpha value is -2.09. The first-order valence-corrected chi connectivity index (χ1v) is 9.37. The first-order valence-electron chi connectivity index (χ1n) is 7.17. The van der Waals surface area contributed by atoms with Crippen molar-refractivity contribution in [2.75, 3.05) is 5.32 Å². The molecule has 1 N–H and O–H groups in total. The Kier molecular flexibility index (Phi) is 4.49. The van der Waals surface area contributed by atoms with Gasteiger partial charge in [0.05, 0.1) is 15.6 Å². The van der Waals surface area contributed by atoms with Crippen molar-refractivity contribution in [2.24, 2.45) is 0 Å². The number of carbonyl (C=O) groups excluding carboxylic acids is 2. The number of sulfonamides is 1. The van der Waals surface area contributed by atoms with Gasteiger partial charge >= 0.3 is 0 Å². The van der Waals surface area contributed by atoms with E-state index in [0.29, 0.717) is 15.0 Å². The van der Waals surface area contributed by atoms with Gasteiger partial charge in [-0.25, -0.2) is 12.7 Å². The lowest BCUT2D eigenvalue weighted by Gasteiger charge is -2.22. The van der Waals surface area contributed by atoms with Crippen LogP contribution in [-0.2, 0) is 14.8 Å². The summed E-state index contributed by atoms with van der Waals surface area (Å²) in [6.45, 7) is 1.34. The highest BCUT2D eigenvalue weighted by Crippen LogP contribution is 2.32. The highest BCUT2D eigenvalue weighted by molar-refractivity contribution is 7.90. The summed E-state index contributed by atoms with van der Waals surface area (Å²) in [7, 11) is -4.07. The van der Waals surface area contributed by atoms with E-state index in [1.54, 1.807) is 6.07 Å². The van der Waals surface area contributed by atoms with E-state index in [-0.39, 0.29) is 15.5 Å². The molecule has 6 nitrogen and oxygen atoms in total. The summed E-state index contributed by atoms with van der Waals surface area (Å²) in [4.78, 5) is 24.8. The van der Waals surface area contributed by atoms with Gasteiger partial charge in [0, 0.05) is 5.69 Å². The van der Waals surface area contributed by atoms with E-state index in [0.717, 1.165) is 0 Å². The van der Waals surface area contributed by atoms with Crippen LogP contribution in [0.1, 0.15) is 17.3 Å². The maximum absolute atomic E-state index is 12.6. The predicted octanol–water partition coefficient (Wildman–Crippen LogP) is 3.17. The molecule has 0 aromatic heterocycles. The molecule has 0 radical (unpaired) electrons. The first-order chi connectivity index (χ1) is 11.7. The molecule has 0 unspecified atom stereocenters. The van der Waals surface area contributed by atoms with Crippen LogP contribution in [-0.4, -0.2) is 30.6 Å². The smallest absolute Gasteiger partial charge is 0.269 e. The lowest BCUT2D eigenvalue weighted by atomic mass is 10.2. The van der Waals surface area contributed by atoms with Gasteiger partial charge in [-0.15, -0.1) is 0 Å². The lowest BCUT2D eigenvalue weighted by molar-refractivity contribution is -0.118. The molecule has 2 aromatic carbocycles. The minimum absolute atomic E-state index is 0.0525. The van der Waals surface area contributed by atoms with Gasteiger partial charge in [-0.2, -0.15) is 0 Å². The Balaban J connectivity index is 1.88. The Morgan fingerprint density at radius 3 is 2.44 bits per heavy atom. The topological polar surface area (TPSA) is 83.6 Å². The molecule has 0 aliphatic carbocycles. The van der Waals surface area contributed by atoms with Crippen LogP contribution in [0.4, 0.5) is 5.69 Å². The number of benzene rings is 2. The number of nitrogens with zero attached hydrogens (tertiary/aromatic N) is 1. The van der Waals surface area contributed by atoms with Crippen molar-refractivity contribution in [3.05, 3.63) is 58.1 Å². The molecule has 1 heterocycles. The van der Waals surface area contributed by atoms with E-state index in [2.05, 4.69) is 5.32 Å². The van der Waals surface area contributed by atoms with Gasteiger partial charge in [0.2, 0.25) is 5.91 Å². The molecule has 0 saturated carbocycles. The zero-order valence-corrected chi connectivity index (χ0v) is 15.2. The zero-order valence-electron chi connectivity index (χ0n) is 12.9. The van der Waals surface area contributed by atoms with Crippen LogP contribution < -0.4 is 5.32 Å². The van der Waals surface area contributed by atoms with Crippen molar-refractivity contribution < 1.29 is 18.0 Å². The molecule has 0 saturated heterocycles. The van der Waals surface area contributed by atoms with Crippen molar-refractivity contribution in [1.82, 2.24) is 4.31 Å². The van der Waals surface area contributed by atoms with Crippen LogP contribution in [0.2, 0.25) is 10.0 Å². The van der Waals surface area contributed by atoms with E-state index in [9.17, 15) is 18.0 Å². The summed E-state index contributed by atoms with van der Waals surface area (Å²) in [6, 6.07) is 9.06. The van der Waals surface area contributed by atoms with E-state index in [4.69, 9.17) is 23.2 Å². The van der Waals surface area contributed by atoms with Gasteiger partial charge in [0.15, 0.2) is 0 Å². The van der Waals surface area contributed by atoms with Gasteiger partial charge in [0.25, 0.3) is 15.9 Å². The first kappa shape index (κ1) is 17.7. The van der Waals surface area contributed by atoms with Crippen molar-refractivity contribution in [2.45, 2.75) is 17.9 Å². The molecule has 1 atom stereocenters. The Morgan fingerprint density at radius 2 is 1.80 bits per heavy atom. The molecule has 0 spiro atoms. The monoisotopic (exact) mass is 398 g/mol. The van der Waals surface area contributed by atoms with Crippen LogP contribution in [0.3, 0.4) is 0 Å². The van der Waals surface area contributed by atoms with Crippen molar-refractivity contribution >= 4 is 50.7 Å². The second-order valence-electron chi connectivity index (χ2n) is 5.40. The fraction of sp³-hybridized carbons (Fsp3) is 0.125. The summed E-state index contributed by atoms with van der Waals surface area (Å²) in [5.74, 6) is -1.39. The fourth-order valence-electron chi connectivity index (χ4n) is 2.51. The van der Waals surface area contributed by atoms with Gasteiger partial charge in [0.1, 0.15) is 10.9 Å². The van der Waals surface area contributed by atoms with Crippen LogP contribution in [0.15, 0.2) is 47.4 Å². The summed E-state index contributed by atoms with van der Waals surface area (Å²) in [6.07, 6.45) is 0. The SMILES string of the molecule is C[C@H](C(=O)Nc1ccc(Cl)c(Cl)c1)N1C(=O)c2ccccc2S1(=O)=O. The van der Waals surface area contributed by atoms with Crippen LogP contribution in [0, 0.1) is 0 Å². The Labute approximate surface area is 154 Å². The highest BCUT2D eigenvalue weighted by atomic mass is 35.5. The lowest BCUT2D eigenvalue weighted by Crippen LogP contribution is -2.45. The van der Waals surface area contributed by atoms with Crippen molar-refractivity contribution in [3.63, 3.8) is 0 Å². The van der Waals surface area contributed by atoms with Crippen LogP contribution >= 0.6 is 23.2 Å². The number of carbonyl (C=O) groups is 2. The van der Waals surface area contributed by atoms with Gasteiger partial charge in [-0.3, -0.25) is 9.59 Å². The van der Waals surface area contributed by atoms with Crippen LogP contribution in [0.5, 0.6) is 0 Å². The second-order valence-corrected chi connectivity index (χ2v) is 7.99. The molecule has 1 aliphatic rings. The summed E-state index contributed by atoms with van der Waals surface area (Å²) in [5, 5.41) is 3.09. The quantitative estimate of drug-likeness (QED) is 0.860. The molecule has 0 bridgehead atoms. The molecule has 0 fully saturated rings. The summed E-state index contributed by atoms with van der Waals surface area (Å²) >= 11 is 11.7. The van der Waals surface area contributed by atoms with E-state index in [1.165, 1.54) is 43.3 Å². The number of rotatable bonds is 3. The largest absolute Gasteiger partial charge is 0.324 e. The molecule has 130 valence electrons. The van der Waals surface area contributed by atoms with Crippen LogP contribution in [0.25, 0.3) is 0 Å². The van der Waals surface area contributed by atoms with Gasteiger partial charge < -0.3 is 5.32 Å². The molecule has 2 aromatic rings. The minimum Gasteiger partial charge on any atom is -0.324 e. The third-order valence-electron chi connectivity index (χ3n) is 3.77. The molecule has 9 heteroatoms. The van der Waals surface area contributed by atoms with E-state index >= 15 is 0 Å². The predicted molar refractivity (Wildman–Crippen MR) is 94.4 cm³/mol. The molecule has 25 heavy (non-hydrogen) atoms. The van der Waals surface area contributed by atoms with Crippen molar-refractivity contribution in [1.29, 1.82) is 0 Å². The summed E-state index contributed by atoms with van der Waals surface area (Å²) in [5.41, 5.74) is 0.393. The second kappa shape index (κ2) is 6.33. The minimum atomic E-state index is -4.07. The number of nitrogens with one attached hydrogen (secondary N) is 1. The average molecular weight is 399 g/mol. The Bertz CT molecular complexity index is 991. The number of halogens is 2. The van der Waals surface area contributed by atoms with Crippen molar-refractivity contribution in [3.8, 4) is 0 Å². The zero-order chi connectivity index (χ0) is 18.4. The molecule has 1 aliphatic heterocycles. The average Bonchev–Trinajstić information content (AvgIpc) is 2.77. The maximum Gasteiger partial charge on any atom is 0.269 e. The number of anilines is 1. The molecular weight excluding hydrogens is 387 g/mol. The number of hydrogen-bond acceptors (Lipinski definition) is 4. The Morgan fingerprint density at radius 1 is 1.12 bits per heavy atom. The standard InChI is InChI=1S/C16H12Cl2N2O4S/c1-9(15(21)19-10-6-7-12(17)13(18)8-10)20-16(22)11-4-2-3-5-14(11)25(20,23)24/h2-9H,1H3,(H,19,21)/t9-/m1/s1. The van der Waals surface area contributed by atoms with E-state index < -0.39 is 27.9 Å². The third-order valence-corrected chi connectivity index (χ3v) is 6.42. The highest BCUT2D eigenvalue weighted by Gasteiger charge is 2.45. The molecular formula is C16H12Cl2N2O4S. The van der Waals surface area contributed by atoms with E-state index in [1.807, 2.05) is 0 Å². The fourth-order valence-corrected chi connectivity index (χ4v) is 4.54. The molecule has 3 rings (SSSR count).